The molecule has 1 aromatic carbocycles. The van der Waals surface area contributed by atoms with Crippen LogP contribution in [0.5, 0.6) is 11.8 Å². The van der Waals surface area contributed by atoms with E-state index in [2.05, 4.69) is 4.98 Å². The number of halogens is 1. The molecule has 0 saturated heterocycles. The molecular weight excluding hydrogens is 219 g/mol. The maximum atomic E-state index is 13.5. The molecule has 0 aliphatic carbocycles. The highest BCUT2D eigenvalue weighted by Crippen LogP contribution is 2.26. The number of hydrogen-bond acceptors (Lipinski definition) is 2. The molecule has 1 heterocycles. The van der Waals surface area contributed by atoms with Crippen LogP contribution in [-0.4, -0.2) is 9.55 Å². The predicted octanol–water partition coefficient (Wildman–Crippen LogP) is 3.70. The summed E-state index contributed by atoms with van der Waals surface area (Å²) in [5.41, 5.74) is 0.992. The molecular formula is C13H15FN2O. The van der Waals surface area contributed by atoms with E-state index in [1.165, 1.54) is 6.07 Å². The average Bonchev–Trinajstić information content (AvgIpc) is 2.63. The van der Waals surface area contributed by atoms with Crippen molar-refractivity contribution in [2.75, 3.05) is 0 Å². The van der Waals surface area contributed by atoms with Crippen molar-refractivity contribution >= 4 is 0 Å². The Kier molecular flexibility index (Phi) is 3.13. The van der Waals surface area contributed by atoms with E-state index in [0.29, 0.717) is 6.01 Å². The molecule has 0 aliphatic heterocycles. The van der Waals surface area contributed by atoms with E-state index >= 15 is 0 Å². The van der Waals surface area contributed by atoms with Crippen LogP contribution in [0.4, 0.5) is 4.39 Å². The number of aryl methyl sites for hydroxylation is 1. The van der Waals surface area contributed by atoms with Gasteiger partial charge in [-0.05, 0) is 32.9 Å². The fourth-order valence-electron chi connectivity index (χ4n) is 1.75. The van der Waals surface area contributed by atoms with Crippen LogP contribution < -0.4 is 4.74 Å². The standard InChI is InChI=1S/C13H15FN2O/c1-9(2)16-10(3)8-15-13(16)17-12-7-5-4-6-11(12)14/h4-9H,1-3H3. The first kappa shape index (κ1) is 11.6. The van der Waals surface area contributed by atoms with Crippen molar-refractivity contribution in [1.82, 2.24) is 9.55 Å². The molecule has 0 bridgehead atoms. The third-order valence-electron chi connectivity index (χ3n) is 2.50. The zero-order valence-corrected chi connectivity index (χ0v) is 10.1. The zero-order chi connectivity index (χ0) is 12.4. The van der Waals surface area contributed by atoms with Crippen LogP contribution >= 0.6 is 0 Å². The van der Waals surface area contributed by atoms with E-state index in [-0.39, 0.29) is 17.6 Å². The van der Waals surface area contributed by atoms with Crippen molar-refractivity contribution in [3.8, 4) is 11.8 Å². The molecule has 17 heavy (non-hydrogen) atoms. The lowest BCUT2D eigenvalue weighted by Gasteiger charge is -2.13. The molecule has 3 nitrogen and oxygen atoms in total. The number of benzene rings is 1. The van der Waals surface area contributed by atoms with Gasteiger partial charge in [0.2, 0.25) is 0 Å². The normalized spacial score (nSPS) is 10.9. The Labute approximate surface area is 99.9 Å². The van der Waals surface area contributed by atoms with Crippen LogP contribution in [-0.2, 0) is 0 Å². The Hall–Kier alpha value is -1.84. The van der Waals surface area contributed by atoms with Crippen molar-refractivity contribution in [2.24, 2.45) is 0 Å². The summed E-state index contributed by atoms with van der Waals surface area (Å²) in [7, 11) is 0. The fourth-order valence-corrected chi connectivity index (χ4v) is 1.75. The topological polar surface area (TPSA) is 27.1 Å². The zero-order valence-electron chi connectivity index (χ0n) is 10.1. The van der Waals surface area contributed by atoms with Gasteiger partial charge < -0.3 is 4.74 Å². The van der Waals surface area contributed by atoms with Gasteiger partial charge in [0.1, 0.15) is 0 Å². The highest BCUT2D eigenvalue weighted by atomic mass is 19.1. The summed E-state index contributed by atoms with van der Waals surface area (Å²) in [6.45, 7) is 6.01. The number of rotatable bonds is 3. The van der Waals surface area contributed by atoms with Crippen LogP contribution in [0.3, 0.4) is 0 Å². The second-order valence-electron chi connectivity index (χ2n) is 4.18. The third kappa shape index (κ3) is 2.30. The van der Waals surface area contributed by atoms with Gasteiger partial charge >= 0.3 is 6.01 Å². The number of nitrogens with zero attached hydrogens (tertiary/aromatic N) is 2. The molecule has 0 spiro atoms. The van der Waals surface area contributed by atoms with E-state index in [4.69, 9.17) is 4.74 Å². The maximum absolute atomic E-state index is 13.5. The van der Waals surface area contributed by atoms with E-state index in [0.717, 1.165) is 5.69 Å². The number of para-hydroxylation sites is 1. The lowest BCUT2D eigenvalue weighted by atomic mass is 10.3. The van der Waals surface area contributed by atoms with Crippen LogP contribution in [0.2, 0.25) is 0 Å². The van der Waals surface area contributed by atoms with Gasteiger partial charge in [-0.2, -0.15) is 0 Å². The minimum absolute atomic E-state index is 0.194. The lowest BCUT2D eigenvalue weighted by molar-refractivity contribution is 0.373. The third-order valence-corrected chi connectivity index (χ3v) is 2.50. The first-order valence-corrected chi connectivity index (χ1v) is 5.56. The monoisotopic (exact) mass is 234 g/mol. The van der Waals surface area contributed by atoms with E-state index in [1.54, 1.807) is 24.4 Å². The summed E-state index contributed by atoms with van der Waals surface area (Å²) >= 11 is 0. The molecule has 0 fully saturated rings. The quantitative estimate of drug-likeness (QED) is 0.809. The van der Waals surface area contributed by atoms with Crippen molar-refractivity contribution in [3.05, 3.63) is 42.0 Å². The largest absolute Gasteiger partial charge is 0.422 e. The number of imidazole rings is 1. The smallest absolute Gasteiger partial charge is 0.302 e. The van der Waals surface area contributed by atoms with Gasteiger partial charge in [-0.3, -0.25) is 4.57 Å². The lowest BCUT2D eigenvalue weighted by Crippen LogP contribution is -2.05. The minimum atomic E-state index is -0.386. The Morgan fingerprint density at radius 1 is 1.29 bits per heavy atom. The van der Waals surface area contributed by atoms with E-state index in [1.807, 2.05) is 25.3 Å². The molecule has 0 saturated carbocycles. The summed E-state index contributed by atoms with van der Waals surface area (Å²) in [6, 6.07) is 6.95. The molecule has 0 atom stereocenters. The summed E-state index contributed by atoms with van der Waals surface area (Å²) < 4.78 is 20.9. The highest BCUT2D eigenvalue weighted by molar-refractivity contribution is 5.27. The van der Waals surface area contributed by atoms with Crippen LogP contribution in [0.1, 0.15) is 25.6 Å². The predicted molar refractivity (Wildman–Crippen MR) is 63.8 cm³/mol. The Bertz CT molecular complexity index is 520. The van der Waals surface area contributed by atoms with Gasteiger partial charge in [-0.25, -0.2) is 9.37 Å². The Balaban J connectivity index is 2.34. The molecule has 0 radical (unpaired) electrons. The van der Waals surface area contributed by atoms with E-state index < -0.39 is 0 Å². The summed E-state index contributed by atoms with van der Waals surface area (Å²) in [5.74, 6) is -0.191. The second kappa shape index (κ2) is 4.57. The Morgan fingerprint density at radius 2 is 2.00 bits per heavy atom. The number of ether oxygens (including phenoxy) is 1. The maximum Gasteiger partial charge on any atom is 0.302 e. The van der Waals surface area contributed by atoms with Gasteiger partial charge in [0.25, 0.3) is 0 Å². The molecule has 0 aliphatic rings. The first-order chi connectivity index (χ1) is 8.09. The van der Waals surface area contributed by atoms with Crippen molar-refractivity contribution in [2.45, 2.75) is 26.8 Å². The fraction of sp³-hybridized carbons (Fsp3) is 0.308. The van der Waals surface area contributed by atoms with Crippen LogP contribution in [0.15, 0.2) is 30.5 Å². The van der Waals surface area contributed by atoms with Crippen LogP contribution in [0.25, 0.3) is 0 Å². The van der Waals surface area contributed by atoms with Crippen molar-refractivity contribution < 1.29 is 9.13 Å². The van der Waals surface area contributed by atoms with E-state index in [9.17, 15) is 4.39 Å². The molecule has 90 valence electrons. The summed E-state index contributed by atoms with van der Waals surface area (Å²) in [6.07, 6.45) is 1.72. The van der Waals surface area contributed by atoms with Gasteiger partial charge in [-0.1, -0.05) is 12.1 Å². The van der Waals surface area contributed by atoms with Gasteiger partial charge in [0.05, 0.1) is 6.20 Å². The molecule has 2 rings (SSSR count). The molecule has 1 aromatic heterocycles. The first-order valence-electron chi connectivity index (χ1n) is 5.56. The number of aromatic nitrogens is 2. The number of hydrogen-bond donors (Lipinski definition) is 0. The van der Waals surface area contributed by atoms with Crippen molar-refractivity contribution in [3.63, 3.8) is 0 Å². The summed E-state index contributed by atoms with van der Waals surface area (Å²) in [4.78, 5) is 4.15. The second-order valence-corrected chi connectivity index (χ2v) is 4.18. The summed E-state index contributed by atoms with van der Waals surface area (Å²) in [5, 5.41) is 0. The van der Waals surface area contributed by atoms with Crippen LogP contribution in [0, 0.1) is 12.7 Å². The SMILES string of the molecule is Cc1cnc(Oc2ccccc2F)n1C(C)C. The average molecular weight is 234 g/mol. The van der Waals surface area contributed by atoms with Gasteiger partial charge in [-0.15, -0.1) is 0 Å². The van der Waals surface area contributed by atoms with Gasteiger partial charge in [0, 0.05) is 11.7 Å². The molecule has 0 amide bonds. The van der Waals surface area contributed by atoms with Gasteiger partial charge in [0.15, 0.2) is 11.6 Å². The Morgan fingerprint density at radius 3 is 2.65 bits per heavy atom. The molecule has 4 heteroatoms. The van der Waals surface area contributed by atoms with Crippen molar-refractivity contribution in [1.29, 1.82) is 0 Å². The molecule has 2 aromatic rings. The molecule has 0 N–H and O–H groups in total. The highest BCUT2D eigenvalue weighted by Gasteiger charge is 2.13. The molecule has 0 unspecified atom stereocenters. The minimum Gasteiger partial charge on any atom is -0.422 e.